The number of aromatic amines is 1. The van der Waals surface area contributed by atoms with Crippen molar-refractivity contribution in [2.75, 3.05) is 13.1 Å². The van der Waals surface area contributed by atoms with Gasteiger partial charge in [0.1, 0.15) is 17.0 Å². The van der Waals surface area contributed by atoms with Gasteiger partial charge in [0.25, 0.3) is 5.56 Å². The molecular weight excluding hydrogens is 354 g/mol. The Balaban J connectivity index is 1.38. The van der Waals surface area contributed by atoms with Crippen molar-refractivity contribution in [1.82, 2.24) is 34.6 Å². The summed E-state index contributed by atoms with van der Waals surface area (Å²) in [6.07, 6.45) is 8.14. The van der Waals surface area contributed by atoms with E-state index in [2.05, 4.69) is 31.9 Å². The van der Waals surface area contributed by atoms with E-state index in [-0.39, 0.29) is 11.6 Å². The first-order valence-corrected chi connectivity index (χ1v) is 10.1. The summed E-state index contributed by atoms with van der Waals surface area (Å²) in [6.45, 7) is 5.82. The van der Waals surface area contributed by atoms with Crippen LogP contribution in [0.4, 0.5) is 0 Å². The highest BCUT2D eigenvalue weighted by atomic mass is 16.1. The predicted octanol–water partition coefficient (Wildman–Crippen LogP) is 2.49. The summed E-state index contributed by atoms with van der Waals surface area (Å²) in [5.74, 6) is 1.93. The number of aromatic nitrogens is 6. The Hall–Kier alpha value is -2.61. The first-order valence-electron chi connectivity index (χ1n) is 10.1. The highest BCUT2D eigenvalue weighted by Gasteiger charge is 2.34. The largest absolute Gasteiger partial charge is 0.309 e. The molecule has 0 amide bonds. The van der Waals surface area contributed by atoms with Crippen LogP contribution in [0.3, 0.4) is 0 Å². The van der Waals surface area contributed by atoms with E-state index in [1.165, 1.54) is 12.8 Å². The number of rotatable bonds is 4. The first-order chi connectivity index (χ1) is 13.6. The molecule has 0 aromatic carbocycles. The maximum Gasteiger partial charge on any atom is 0.262 e. The summed E-state index contributed by atoms with van der Waals surface area (Å²) in [6, 6.07) is 2.40. The third-order valence-electron chi connectivity index (χ3n) is 6.22. The minimum absolute atomic E-state index is 0.0446. The molecule has 0 unspecified atom stereocenters. The van der Waals surface area contributed by atoms with Crippen molar-refractivity contribution in [2.24, 2.45) is 0 Å². The highest BCUT2D eigenvalue weighted by Crippen LogP contribution is 2.33. The van der Waals surface area contributed by atoms with Gasteiger partial charge in [-0.3, -0.25) is 9.69 Å². The first kappa shape index (κ1) is 17.5. The highest BCUT2D eigenvalue weighted by molar-refractivity contribution is 5.73. The van der Waals surface area contributed by atoms with Crippen LogP contribution < -0.4 is 5.56 Å². The van der Waals surface area contributed by atoms with Gasteiger partial charge in [0.15, 0.2) is 5.65 Å². The number of nitrogens with zero attached hydrogens (tertiary/aromatic N) is 6. The maximum absolute atomic E-state index is 12.6. The summed E-state index contributed by atoms with van der Waals surface area (Å²) < 4.78 is 1.97. The van der Waals surface area contributed by atoms with Crippen LogP contribution in [-0.2, 0) is 0 Å². The van der Waals surface area contributed by atoms with Crippen molar-refractivity contribution < 1.29 is 0 Å². The molecule has 0 bridgehead atoms. The smallest absolute Gasteiger partial charge is 0.262 e. The Kier molecular flexibility index (Phi) is 4.23. The molecule has 1 aliphatic carbocycles. The van der Waals surface area contributed by atoms with Crippen LogP contribution in [0.5, 0.6) is 0 Å². The SMILES string of the molecule is Cc1nccc(C2CN([C@H](C)c3nc4c(cnn4C4CCCC4)c(=O)[nH]3)C2)n1. The minimum atomic E-state index is -0.0976. The Labute approximate surface area is 163 Å². The van der Waals surface area contributed by atoms with E-state index < -0.39 is 0 Å². The number of aryl methyl sites for hydroxylation is 1. The minimum Gasteiger partial charge on any atom is -0.309 e. The van der Waals surface area contributed by atoms with Gasteiger partial charge in [0, 0.05) is 30.9 Å². The molecule has 1 aliphatic heterocycles. The number of hydrogen-bond donors (Lipinski definition) is 1. The molecule has 0 spiro atoms. The summed E-state index contributed by atoms with van der Waals surface area (Å²) in [4.78, 5) is 31.5. The zero-order valence-electron chi connectivity index (χ0n) is 16.3. The van der Waals surface area contributed by atoms with Gasteiger partial charge in [-0.2, -0.15) is 5.10 Å². The molecule has 1 N–H and O–H groups in total. The van der Waals surface area contributed by atoms with Crippen molar-refractivity contribution in [3.8, 4) is 0 Å². The molecule has 8 nitrogen and oxygen atoms in total. The van der Waals surface area contributed by atoms with E-state index in [1.54, 1.807) is 6.20 Å². The lowest BCUT2D eigenvalue weighted by Gasteiger charge is -2.42. The van der Waals surface area contributed by atoms with E-state index in [4.69, 9.17) is 4.98 Å². The van der Waals surface area contributed by atoms with Crippen molar-refractivity contribution in [3.63, 3.8) is 0 Å². The van der Waals surface area contributed by atoms with Crippen molar-refractivity contribution in [3.05, 3.63) is 46.2 Å². The normalized spacial score (nSPS) is 19.9. The number of H-pyrrole nitrogens is 1. The fraction of sp³-hybridized carbons (Fsp3) is 0.550. The van der Waals surface area contributed by atoms with Gasteiger partial charge >= 0.3 is 0 Å². The van der Waals surface area contributed by atoms with Crippen LogP contribution in [0.15, 0.2) is 23.3 Å². The molecule has 2 fully saturated rings. The number of fused-ring (bicyclic) bond motifs is 1. The molecule has 28 heavy (non-hydrogen) atoms. The zero-order chi connectivity index (χ0) is 19.3. The van der Waals surface area contributed by atoms with E-state index in [0.717, 1.165) is 48.9 Å². The molecule has 1 saturated carbocycles. The van der Waals surface area contributed by atoms with Gasteiger partial charge in [0.05, 0.1) is 18.3 Å². The van der Waals surface area contributed by atoms with Crippen molar-refractivity contribution >= 4 is 11.0 Å². The lowest BCUT2D eigenvalue weighted by molar-refractivity contribution is 0.0938. The van der Waals surface area contributed by atoms with Gasteiger partial charge in [-0.05, 0) is 32.8 Å². The molecule has 2 aliphatic rings. The van der Waals surface area contributed by atoms with Gasteiger partial charge in [-0.15, -0.1) is 0 Å². The van der Waals surface area contributed by atoms with E-state index >= 15 is 0 Å². The van der Waals surface area contributed by atoms with Gasteiger partial charge in [0.2, 0.25) is 0 Å². The van der Waals surface area contributed by atoms with Crippen LogP contribution in [0.2, 0.25) is 0 Å². The summed E-state index contributed by atoms with van der Waals surface area (Å²) in [5.41, 5.74) is 1.72. The van der Waals surface area contributed by atoms with Crippen molar-refractivity contribution in [1.29, 1.82) is 0 Å². The van der Waals surface area contributed by atoms with Crippen LogP contribution in [-0.4, -0.2) is 47.7 Å². The molecule has 0 radical (unpaired) electrons. The third-order valence-corrected chi connectivity index (χ3v) is 6.22. The van der Waals surface area contributed by atoms with Crippen LogP contribution in [0.1, 0.15) is 68.0 Å². The average Bonchev–Trinajstić information content (AvgIpc) is 3.29. The van der Waals surface area contributed by atoms with E-state index in [1.807, 2.05) is 23.9 Å². The quantitative estimate of drug-likeness (QED) is 0.749. The summed E-state index contributed by atoms with van der Waals surface area (Å²) in [7, 11) is 0. The van der Waals surface area contributed by atoms with Gasteiger partial charge in [-0.1, -0.05) is 12.8 Å². The second kappa shape index (κ2) is 6.77. The Bertz CT molecular complexity index is 1060. The number of nitrogens with one attached hydrogen (secondary N) is 1. The molecule has 8 heteroatoms. The Morgan fingerprint density at radius 1 is 1.21 bits per heavy atom. The molecule has 4 heterocycles. The fourth-order valence-electron chi connectivity index (χ4n) is 4.46. The van der Waals surface area contributed by atoms with Crippen LogP contribution >= 0.6 is 0 Å². The molecule has 1 atom stereocenters. The van der Waals surface area contributed by atoms with E-state index in [9.17, 15) is 4.79 Å². The van der Waals surface area contributed by atoms with Crippen LogP contribution in [0, 0.1) is 6.92 Å². The fourth-order valence-corrected chi connectivity index (χ4v) is 4.46. The number of likely N-dealkylation sites (tertiary alicyclic amines) is 1. The van der Waals surface area contributed by atoms with Gasteiger partial charge in [-0.25, -0.2) is 19.6 Å². The van der Waals surface area contributed by atoms with Gasteiger partial charge < -0.3 is 4.98 Å². The second-order valence-corrected chi connectivity index (χ2v) is 8.07. The van der Waals surface area contributed by atoms with Crippen molar-refractivity contribution in [2.45, 2.75) is 57.5 Å². The lowest BCUT2D eigenvalue weighted by atomic mass is 9.94. The molecule has 3 aromatic heterocycles. The molecule has 1 saturated heterocycles. The Morgan fingerprint density at radius 2 is 2.00 bits per heavy atom. The second-order valence-electron chi connectivity index (χ2n) is 8.07. The molecule has 5 rings (SSSR count). The molecule has 3 aromatic rings. The maximum atomic E-state index is 12.6. The molecular formula is C20H25N7O. The third kappa shape index (κ3) is 2.92. The Morgan fingerprint density at radius 3 is 2.75 bits per heavy atom. The van der Waals surface area contributed by atoms with Crippen LogP contribution in [0.25, 0.3) is 11.0 Å². The topological polar surface area (TPSA) is 92.6 Å². The monoisotopic (exact) mass is 379 g/mol. The van der Waals surface area contributed by atoms with E-state index in [0.29, 0.717) is 17.3 Å². The standard InChI is InChI=1S/C20H25N7O/c1-12(26-10-14(11-26)17-7-8-21-13(2)23-17)18-24-19-16(20(28)25-18)9-22-27(19)15-5-3-4-6-15/h7-9,12,14-15H,3-6,10-11H2,1-2H3,(H,24,25,28)/t12-/m1/s1. The zero-order valence-corrected chi connectivity index (χ0v) is 16.3. The average molecular weight is 379 g/mol. The number of hydrogen-bond acceptors (Lipinski definition) is 6. The summed E-state index contributed by atoms with van der Waals surface area (Å²) >= 11 is 0. The summed E-state index contributed by atoms with van der Waals surface area (Å²) in [5, 5.41) is 5.07. The molecule has 146 valence electrons. The predicted molar refractivity (Wildman–Crippen MR) is 105 cm³/mol. The lowest BCUT2D eigenvalue weighted by Crippen LogP contribution is -2.47.